The number of nitrogens with one attached hydrogen (secondary N) is 2. The molecule has 2 saturated carbocycles. The molecule has 12 heteroatoms. The highest BCUT2D eigenvalue weighted by Crippen LogP contribution is 2.44. The van der Waals surface area contributed by atoms with E-state index in [-0.39, 0.29) is 23.3 Å². The first-order valence-corrected chi connectivity index (χ1v) is 21.4. The Hall–Kier alpha value is -4.06. The topological polar surface area (TPSA) is 139 Å². The van der Waals surface area contributed by atoms with Crippen molar-refractivity contribution in [2.24, 2.45) is 0 Å². The summed E-state index contributed by atoms with van der Waals surface area (Å²) in [4.78, 5) is 25.3. The summed E-state index contributed by atoms with van der Waals surface area (Å²) in [7, 11) is -1.41. The molecule has 304 valence electrons. The number of aliphatic hydroxyl groups is 2. The van der Waals surface area contributed by atoms with Crippen LogP contribution in [0.4, 0.5) is 0 Å². The second-order valence-electron chi connectivity index (χ2n) is 16.0. The van der Waals surface area contributed by atoms with Crippen molar-refractivity contribution in [2.75, 3.05) is 0 Å². The summed E-state index contributed by atoms with van der Waals surface area (Å²) < 4.78 is 0.993. The van der Waals surface area contributed by atoms with Crippen LogP contribution in [0.3, 0.4) is 0 Å². The van der Waals surface area contributed by atoms with Gasteiger partial charge in [0.2, 0.25) is 0 Å². The van der Waals surface area contributed by atoms with Crippen LogP contribution in [0.5, 0.6) is 0 Å². The molecule has 0 bridgehead atoms. The molecule has 4 aromatic rings. The average Bonchev–Trinajstić information content (AvgIpc) is 3.54. The minimum absolute atomic E-state index is 0.136. The Labute approximate surface area is 359 Å². The molecule has 6 N–H and O–H groups in total. The van der Waals surface area contributed by atoms with E-state index in [0.29, 0.717) is 26.7 Å². The number of carbonyl (C=O) groups is 2. The van der Waals surface area contributed by atoms with Gasteiger partial charge in [-0.25, -0.2) is 0 Å². The quantitative estimate of drug-likeness (QED) is 0.113. The molecule has 2 amide bonds. The second kappa shape index (κ2) is 18.1. The fourth-order valence-electron chi connectivity index (χ4n) is 8.98. The summed E-state index contributed by atoms with van der Waals surface area (Å²) in [6.07, 6.45) is 9.81. The normalized spacial score (nSPS) is 18.0. The van der Waals surface area contributed by atoms with Crippen LogP contribution in [-0.4, -0.2) is 50.3 Å². The smallest absolute Gasteiger partial charge is 0.488 e. The van der Waals surface area contributed by atoms with Gasteiger partial charge in [-0.3, -0.25) is 9.59 Å². The highest BCUT2D eigenvalue weighted by atomic mass is 79.9. The van der Waals surface area contributed by atoms with Gasteiger partial charge < -0.3 is 30.9 Å². The zero-order chi connectivity index (χ0) is 41.9. The van der Waals surface area contributed by atoms with Gasteiger partial charge in [0.25, 0.3) is 11.8 Å². The van der Waals surface area contributed by atoms with E-state index >= 15 is 0 Å². The lowest BCUT2D eigenvalue weighted by atomic mass is 9.80. The van der Waals surface area contributed by atoms with Crippen LogP contribution in [0.15, 0.2) is 88.8 Å². The van der Waals surface area contributed by atoms with E-state index < -0.39 is 18.2 Å². The van der Waals surface area contributed by atoms with Crippen molar-refractivity contribution in [1.29, 1.82) is 0 Å². The maximum Gasteiger partial charge on any atom is 0.488 e. The zero-order valence-corrected chi connectivity index (χ0v) is 36.4. The van der Waals surface area contributed by atoms with Crippen molar-refractivity contribution in [3.63, 3.8) is 0 Å². The summed E-state index contributed by atoms with van der Waals surface area (Å²) in [6.45, 7) is 7.96. The molecule has 0 radical (unpaired) electrons. The molecule has 0 aromatic heterocycles. The van der Waals surface area contributed by atoms with Crippen LogP contribution in [0.25, 0.3) is 22.3 Å². The van der Waals surface area contributed by atoms with Crippen LogP contribution >= 0.6 is 39.1 Å². The minimum atomic E-state index is -1.41. The predicted molar refractivity (Wildman–Crippen MR) is 238 cm³/mol. The Morgan fingerprint density at radius 3 is 1.31 bits per heavy atom. The van der Waals surface area contributed by atoms with Gasteiger partial charge in [0.1, 0.15) is 11.5 Å². The summed E-state index contributed by atoms with van der Waals surface area (Å²) in [6, 6.07) is 22.2. The average molecular weight is 889 g/mol. The zero-order valence-electron chi connectivity index (χ0n) is 33.3. The third-order valence-corrected chi connectivity index (χ3v) is 12.8. The number of halogens is 3. The lowest BCUT2D eigenvalue weighted by Crippen LogP contribution is -2.46. The monoisotopic (exact) mass is 886 g/mol. The number of carbonyl (C=O) groups excluding carboxylic acids is 2. The van der Waals surface area contributed by atoms with E-state index in [1.807, 2.05) is 64.1 Å². The minimum Gasteiger partial charge on any atom is -0.509 e. The molecule has 58 heavy (non-hydrogen) atoms. The molecule has 4 aromatic carbocycles. The molecule has 0 atom stereocenters. The molecule has 2 fully saturated rings. The number of benzene rings is 4. The SMILES string of the molecule is Cc1cc(-c2ccc(Cl)cc2)cc(C)c1C1=C(O)C2(CCCCC2)NC1=O.Cc1cc(Br)cc(C)c1C1=C(O)C2(CCCCC2)NC1=O.OB(O)c1ccc(Cl)cc1. The summed E-state index contributed by atoms with van der Waals surface area (Å²) >= 11 is 15.0. The fraction of sp³-hybridized carbons (Fsp3) is 0.348. The van der Waals surface area contributed by atoms with Crippen LogP contribution in [-0.2, 0) is 9.59 Å². The standard InChI is InChI=1S/C23H24ClNO2.C17H20BrNO2.C6H6BClO2/c1-14-12-17(16-6-8-18(24)9-7-16)13-15(2)19(14)20-21(26)23(25-22(20)27)10-4-3-5-11-23;1-10-8-12(18)9-11(2)13(10)14-15(20)17(19-16(14)21)6-4-3-5-7-17;8-6-3-1-5(2-4-6)7(9)10/h6-9,12-13,26H,3-5,10-11H2,1-2H3,(H,25,27);8-9,20H,3-7H2,1-2H3,(H,19,21);1-4,9-10H. The largest absolute Gasteiger partial charge is 0.509 e. The van der Waals surface area contributed by atoms with Gasteiger partial charge in [-0.2, -0.15) is 0 Å². The van der Waals surface area contributed by atoms with E-state index in [4.69, 9.17) is 33.2 Å². The van der Waals surface area contributed by atoms with E-state index in [0.717, 1.165) is 107 Å². The first kappa shape index (κ1) is 43.5. The lowest BCUT2D eigenvalue weighted by Gasteiger charge is -2.33. The number of hydrogen-bond acceptors (Lipinski definition) is 6. The predicted octanol–water partition coefficient (Wildman–Crippen LogP) is 9.91. The fourth-order valence-corrected chi connectivity index (χ4v) is 9.92. The Morgan fingerprint density at radius 2 is 0.931 bits per heavy atom. The van der Waals surface area contributed by atoms with Crippen LogP contribution in [0.1, 0.15) is 97.6 Å². The van der Waals surface area contributed by atoms with Gasteiger partial charge in [0.15, 0.2) is 0 Å². The summed E-state index contributed by atoms with van der Waals surface area (Å²) in [5.41, 5.74) is 8.17. The maximum absolute atomic E-state index is 12.8. The van der Waals surface area contributed by atoms with Crippen molar-refractivity contribution in [2.45, 2.75) is 103 Å². The Morgan fingerprint density at radius 1 is 0.569 bits per heavy atom. The van der Waals surface area contributed by atoms with E-state index in [2.05, 4.69) is 38.7 Å². The molecular weight excluding hydrogens is 838 g/mol. The highest BCUT2D eigenvalue weighted by molar-refractivity contribution is 9.10. The van der Waals surface area contributed by atoms with Crippen molar-refractivity contribution in [3.05, 3.63) is 132 Å². The van der Waals surface area contributed by atoms with Crippen molar-refractivity contribution in [3.8, 4) is 11.1 Å². The molecule has 2 heterocycles. The maximum atomic E-state index is 12.8. The van der Waals surface area contributed by atoms with Crippen LogP contribution in [0.2, 0.25) is 10.0 Å². The van der Waals surface area contributed by atoms with Crippen molar-refractivity contribution in [1.82, 2.24) is 10.6 Å². The molecule has 8 rings (SSSR count). The number of aryl methyl sites for hydroxylation is 4. The van der Waals surface area contributed by atoms with Crippen molar-refractivity contribution < 1.29 is 29.9 Å². The molecule has 2 aliphatic heterocycles. The highest BCUT2D eigenvalue weighted by Gasteiger charge is 2.48. The van der Waals surface area contributed by atoms with Crippen molar-refractivity contribution >= 4 is 74.7 Å². The Kier molecular flexibility index (Phi) is 13.6. The second-order valence-corrected chi connectivity index (χ2v) is 17.8. The van der Waals surface area contributed by atoms with Gasteiger partial charge in [-0.05, 0) is 140 Å². The van der Waals surface area contributed by atoms with Gasteiger partial charge >= 0.3 is 7.12 Å². The third kappa shape index (κ3) is 9.07. The first-order valence-electron chi connectivity index (χ1n) is 19.8. The number of amides is 2. The molecule has 0 unspecified atom stereocenters. The summed E-state index contributed by atoms with van der Waals surface area (Å²) in [5.74, 6) is 0.195. The number of rotatable bonds is 4. The van der Waals surface area contributed by atoms with E-state index in [9.17, 15) is 19.8 Å². The summed E-state index contributed by atoms with van der Waals surface area (Å²) in [5, 5.41) is 46.5. The Balaban J connectivity index is 0.000000162. The molecule has 8 nitrogen and oxygen atoms in total. The Bertz CT molecular complexity index is 2210. The molecule has 2 aliphatic carbocycles. The van der Waals surface area contributed by atoms with Crippen LogP contribution < -0.4 is 16.1 Å². The first-order chi connectivity index (χ1) is 27.6. The van der Waals surface area contributed by atoms with E-state index in [1.165, 1.54) is 6.42 Å². The molecule has 2 spiro atoms. The van der Waals surface area contributed by atoms with E-state index in [1.54, 1.807) is 24.3 Å². The van der Waals surface area contributed by atoms with Gasteiger partial charge in [0.05, 0.1) is 22.2 Å². The number of hydrogen-bond donors (Lipinski definition) is 6. The third-order valence-electron chi connectivity index (χ3n) is 11.8. The van der Waals surface area contributed by atoms with Crippen LogP contribution in [0, 0.1) is 27.7 Å². The van der Waals surface area contributed by atoms with Gasteiger partial charge in [0, 0.05) is 14.5 Å². The lowest BCUT2D eigenvalue weighted by molar-refractivity contribution is -0.117. The number of aliphatic hydroxyl groups excluding tert-OH is 2. The molecule has 4 aliphatic rings. The van der Waals surface area contributed by atoms with Gasteiger partial charge in [-0.1, -0.05) is 114 Å². The molecule has 0 saturated heterocycles. The van der Waals surface area contributed by atoms with Gasteiger partial charge in [-0.15, -0.1) is 0 Å². The molecular formula is C46H50BBrCl2N2O6.